The van der Waals surface area contributed by atoms with E-state index in [0.29, 0.717) is 18.1 Å². The van der Waals surface area contributed by atoms with E-state index in [9.17, 15) is 9.59 Å². The van der Waals surface area contributed by atoms with Crippen LogP contribution in [0.25, 0.3) is 11.3 Å². The number of benzene rings is 1. The number of nitrogens with one attached hydrogen (secondary N) is 1. The molecule has 1 N–H and O–H groups in total. The number of halogens is 1. The molecule has 1 fully saturated rings. The Morgan fingerprint density at radius 1 is 1.38 bits per heavy atom. The maximum Gasteiger partial charge on any atom is 0.281 e. The molecule has 126 valence electrons. The lowest BCUT2D eigenvalue weighted by atomic mass is 10.1. The SMILES string of the molecule is Cc1sc(NC(=O)CCN2CCSC2=O)nc1-c1ccc(Br)cc1. The highest BCUT2D eigenvalue weighted by atomic mass is 79.9. The van der Waals surface area contributed by atoms with Crippen molar-refractivity contribution < 1.29 is 9.59 Å². The second kappa shape index (κ2) is 7.67. The molecule has 1 saturated heterocycles. The first-order chi connectivity index (χ1) is 11.5. The molecule has 0 atom stereocenters. The zero-order valence-electron chi connectivity index (χ0n) is 13.0. The molecule has 1 aliphatic rings. The van der Waals surface area contributed by atoms with Crippen molar-refractivity contribution >= 4 is 55.3 Å². The lowest BCUT2D eigenvalue weighted by molar-refractivity contribution is -0.116. The van der Waals surface area contributed by atoms with Crippen LogP contribution in [0.15, 0.2) is 28.7 Å². The van der Waals surface area contributed by atoms with Crippen LogP contribution in [0, 0.1) is 6.92 Å². The van der Waals surface area contributed by atoms with Crippen molar-refractivity contribution in [2.45, 2.75) is 13.3 Å². The number of nitrogens with zero attached hydrogens (tertiary/aromatic N) is 2. The van der Waals surface area contributed by atoms with E-state index in [0.717, 1.165) is 32.9 Å². The van der Waals surface area contributed by atoms with Crippen LogP contribution < -0.4 is 5.32 Å². The molecule has 1 aromatic carbocycles. The molecule has 5 nitrogen and oxygen atoms in total. The zero-order chi connectivity index (χ0) is 17.1. The summed E-state index contributed by atoms with van der Waals surface area (Å²) in [7, 11) is 0. The van der Waals surface area contributed by atoms with Gasteiger partial charge in [0.05, 0.1) is 5.69 Å². The van der Waals surface area contributed by atoms with Crippen LogP contribution in [0.3, 0.4) is 0 Å². The normalized spacial score (nSPS) is 14.2. The second-order valence-electron chi connectivity index (χ2n) is 5.33. The van der Waals surface area contributed by atoms with Crippen LogP contribution in [0.4, 0.5) is 9.93 Å². The van der Waals surface area contributed by atoms with Gasteiger partial charge in [0, 0.05) is 40.2 Å². The summed E-state index contributed by atoms with van der Waals surface area (Å²) < 4.78 is 1.02. The molecule has 0 radical (unpaired) electrons. The third-order valence-electron chi connectivity index (χ3n) is 3.61. The number of rotatable bonds is 5. The number of carbonyl (C=O) groups is 2. The van der Waals surface area contributed by atoms with Crippen molar-refractivity contribution in [1.82, 2.24) is 9.88 Å². The maximum atomic E-state index is 12.1. The number of amides is 2. The monoisotopic (exact) mass is 425 g/mol. The molecule has 8 heteroatoms. The van der Waals surface area contributed by atoms with Gasteiger partial charge in [0.15, 0.2) is 5.13 Å². The standard InChI is InChI=1S/C16H16BrN3O2S2/c1-10-14(11-2-4-12(17)5-3-11)19-15(24-10)18-13(21)6-7-20-8-9-23-16(20)22/h2-5H,6-9H2,1H3,(H,18,19,21). The van der Waals surface area contributed by atoms with Gasteiger partial charge in [-0.05, 0) is 19.1 Å². The fourth-order valence-corrected chi connectivity index (χ4v) is 4.34. The lowest BCUT2D eigenvalue weighted by Crippen LogP contribution is -2.27. The van der Waals surface area contributed by atoms with Gasteiger partial charge in [-0.2, -0.15) is 0 Å². The van der Waals surface area contributed by atoms with Gasteiger partial charge in [-0.15, -0.1) is 11.3 Å². The number of aryl methyl sites for hydroxylation is 1. The fourth-order valence-electron chi connectivity index (χ4n) is 2.37. The number of aromatic nitrogens is 1. The fraction of sp³-hybridized carbons (Fsp3) is 0.312. The number of hydrogen-bond donors (Lipinski definition) is 1. The predicted molar refractivity (Wildman–Crippen MR) is 103 cm³/mol. The molecular weight excluding hydrogens is 410 g/mol. The molecule has 1 aliphatic heterocycles. The van der Waals surface area contributed by atoms with Crippen LogP contribution in [-0.2, 0) is 4.79 Å². The largest absolute Gasteiger partial charge is 0.332 e. The quantitative estimate of drug-likeness (QED) is 0.771. The molecule has 0 aliphatic carbocycles. The Hall–Kier alpha value is -1.38. The molecule has 0 unspecified atom stereocenters. The van der Waals surface area contributed by atoms with Gasteiger partial charge in [-0.25, -0.2) is 4.98 Å². The summed E-state index contributed by atoms with van der Waals surface area (Å²) in [5.41, 5.74) is 1.90. The Bertz CT molecular complexity index is 761. The van der Waals surface area contributed by atoms with E-state index < -0.39 is 0 Å². The van der Waals surface area contributed by atoms with Gasteiger partial charge in [-0.3, -0.25) is 9.59 Å². The molecule has 2 heterocycles. The van der Waals surface area contributed by atoms with Crippen molar-refractivity contribution in [2.24, 2.45) is 0 Å². The summed E-state index contributed by atoms with van der Waals surface area (Å²) in [6.45, 7) is 3.17. The van der Waals surface area contributed by atoms with Crippen molar-refractivity contribution in [1.29, 1.82) is 0 Å². The van der Waals surface area contributed by atoms with Crippen LogP contribution >= 0.6 is 39.0 Å². The Kier molecular flexibility index (Phi) is 5.57. The molecule has 2 amide bonds. The molecule has 0 spiro atoms. The summed E-state index contributed by atoms with van der Waals surface area (Å²) in [5, 5.41) is 3.49. The smallest absolute Gasteiger partial charge is 0.281 e. The third-order valence-corrected chi connectivity index (χ3v) is 5.92. The first-order valence-electron chi connectivity index (χ1n) is 7.48. The third kappa shape index (κ3) is 4.17. The molecular formula is C16H16BrN3O2S2. The lowest BCUT2D eigenvalue weighted by Gasteiger charge is -2.13. The van der Waals surface area contributed by atoms with Crippen LogP contribution in [-0.4, -0.2) is 39.9 Å². The van der Waals surface area contributed by atoms with Crippen LogP contribution in [0.5, 0.6) is 0 Å². The Labute approximate surface area is 157 Å². The van der Waals surface area contributed by atoms with E-state index in [4.69, 9.17) is 0 Å². The summed E-state index contributed by atoms with van der Waals surface area (Å²) in [5.74, 6) is 0.693. The van der Waals surface area contributed by atoms with E-state index in [1.807, 2.05) is 31.2 Å². The van der Waals surface area contributed by atoms with Crippen molar-refractivity contribution in [3.8, 4) is 11.3 Å². The van der Waals surface area contributed by atoms with Gasteiger partial charge in [0.2, 0.25) is 5.91 Å². The van der Waals surface area contributed by atoms with Crippen molar-refractivity contribution in [3.63, 3.8) is 0 Å². The van der Waals surface area contributed by atoms with Gasteiger partial charge in [-0.1, -0.05) is 39.8 Å². The van der Waals surface area contributed by atoms with Gasteiger partial charge >= 0.3 is 0 Å². The van der Waals surface area contributed by atoms with Crippen LogP contribution in [0.2, 0.25) is 0 Å². The molecule has 0 saturated carbocycles. The number of hydrogen-bond acceptors (Lipinski definition) is 5. The van der Waals surface area contributed by atoms with E-state index in [1.54, 1.807) is 4.90 Å². The van der Waals surface area contributed by atoms with Crippen molar-refractivity contribution in [2.75, 3.05) is 24.2 Å². The number of anilines is 1. The molecule has 3 rings (SSSR count). The maximum absolute atomic E-state index is 12.1. The Morgan fingerprint density at radius 2 is 2.12 bits per heavy atom. The second-order valence-corrected chi connectivity index (χ2v) is 8.50. The minimum atomic E-state index is -0.115. The summed E-state index contributed by atoms with van der Waals surface area (Å²) in [4.78, 5) is 30.9. The molecule has 1 aromatic heterocycles. The van der Waals surface area contributed by atoms with E-state index in [2.05, 4.69) is 26.2 Å². The first kappa shape index (κ1) is 17.4. The summed E-state index contributed by atoms with van der Waals surface area (Å²) >= 11 is 6.19. The first-order valence-corrected chi connectivity index (χ1v) is 10.1. The van der Waals surface area contributed by atoms with E-state index >= 15 is 0 Å². The molecule has 2 aromatic rings. The molecule has 0 bridgehead atoms. The zero-order valence-corrected chi connectivity index (χ0v) is 16.3. The predicted octanol–water partition coefficient (Wildman–Crippen LogP) is 4.38. The minimum absolute atomic E-state index is 0.0606. The topological polar surface area (TPSA) is 62.3 Å². The highest BCUT2D eigenvalue weighted by Gasteiger charge is 2.21. The van der Waals surface area contributed by atoms with Gasteiger partial charge in [0.1, 0.15) is 0 Å². The highest BCUT2D eigenvalue weighted by Crippen LogP contribution is 2.31. The highest BCUT2D eigenvalue weighted by molar-refractivity contribution is 9.10. The van der Waals surface area contributed by atoms with Crippen molar-refractivity contribution in [3.05, 3.63) is 33.6 Å². The Balaban J connectivity index is 1.61. The van der Waals surface area contributed by atoms with Crippen LogP contribution in [0.1, 0.15) is 11.3 Å². The number of carbonyl (C=O) groups excluding carboxylic acids is 2. The van der Waals surface area contributed by atoms with Gasteiger partial charge in [0.25, 0.3) is 5.24 Å². The summed E-state index contributed by atoms with van der Waals surface area (Å²) in [6.07, 6.45) is 0.290. The molecule has 24 heavy (non-hydrogen) atoms. The number of thiazole rings is 1. The average Bonchev–Trinajstić information content (AvgIpc) is 3.12. The van der Waals surface area contributed by atoms with Gasteiger partial charge < -0.3 is 10.2 Å². The summed E-state index contributed by atoms with van der Waals surface area (Å²) in [6, 6.07) is 7.93. The number of thioether (sulfide) groups is 1. The minimum Gasteiger partial charge on any atom is -0.332 e. The van der Waals surface area contributed by atoms with E-state index in [1.165, 1.54) is 23.1 Å². The average molecular weight is 426 g/mol. The van der Waals surface area contributed by atoms with E-state index in [-0.39, 0.29) is 11.1 Å². The Morgan fingerprint density at radius 3 is 2.79 bits per heavy atom.